The molecule has 0 spiro atoms. The summed E-state index contributed by atoms with van der Waals surface area (Å²) in [5, 5.41) is 0. The van der Waals surface area contributed by atoms with Crippen LogP contribution in [0.1, 0.15) is 49.6 Å². The van der Waals surface area contributed by atoms with Gasteiger partial charge >= 0.3 is 0 Å². The van der Waals surface area contributed by atoms with Crippen LogP contribution in [0.25, 0.3) is 11.1 Å². The smallest absolute Gasteiger partial charge is 0.212 e. The van der Waals surface area contributed by atoms with Crippen molar-refractivity contribution < 1.29 is 4.42 Å². The molecule has 0 bridgehead atoms. The van der Waals surface area contributed by atoms with Gasteiger partial charge in [0, 0.05) is 0 Å². The molecule has 3 nitrogen and oxygen atoms in total. The second kappa shape index (κ2) is 4.73. The van der Waals surface area contributed by atoms with Gasteiger partial charge in [-0.1, -0.05) is 31.4 Å². The Balaban J connectivity index is 1.91. The lowest BCUT2D eigenvalue weighted by Crippen LogP contribution is -2.23. The van der Waals surface area contributed by atoms with E-state index in [1.54, 1.807) is 0 Å². The highest BCUT2D eigenvalue weighted by atomic mass is 16.3. The van der Waals surface area contributed by atoms with Gasteiger partial charge in [0.05, 0.1) is 6.04 Å². The molecule has 1 heterocycles. The molecular formula is C15H20N2O. The third-order valence-corrected chi connectivity index (χ3v) is 4.07. The summed E-state index contributed by atoms with van der Waals surface area (Å²) >= 11 is 0. The fourth-order valence-corrected chi connectivity index (χ4v) is 2.94. The molecule has 1 aromatic heterocycles. The number of aromatic nitrogens is 1. The first-order valence-corrected chi connectivity index (χ1v) is 6.87. The number of benzene rings is 1. The number of rotatable bonds is 2. The van der Waals surface area contributed by atoms with Crippen LogP contribution in [-0.2, 0) is 0 Å². The molecule has 0 radical (unpaired) electrons. The molecule has 96 valence electrons. The van der Waals surface area contributed by atoms with Gasteiger partial charge in [0.25, 0.3) is 0 Å². The van der Waals surface area contributed by atoms with Crippen LogP contribution in [0.5, 0.6) is 0 Å². The Bertz CT molecular complexity index is 540. The van der Waals surface area contributed by atoms with Gasteiger partial charge in [-0.05, 0) is 37.3 Å². The number of hydrogen-bond donors (Lipinski definition) is 1. The molecular weight excluding hydrogens is 224 g/mol. The van der Waals surface area contributed by atoms with Crippen LogP contribution in [0, 0.1) is 12.8 Å². The highest BCUT2D eigenvalue weighted by Crippen LogP contribution is 2.34. The first kappa shape index (κ1) is 11.7. The number of nitrogens with zero attached hydrogens (tertiary/aromatic N) is 1. The Morgan fingerprint density at radius 3 is 2.78 bits per heavy atom. The molecule has 18 heavy (non-hydrogen) atoms. The Kier molecular flexibility index (Phi) is 3.08. The fraction of sp³-hybridized carbons (Fsp3) is 0.533. The molecule has 1 saturated carbocycles. The zero-order chi connectivity index (χ0) is 12.5. The lowest BCUT2D eigenvalue weighted by molar-refractivity contribution is 0.278. The van der Waals surface area contributed by atoms with Gasteiger partial charge in [-0.2, -0.15) is 0 Å². The summed E-state index contributed by atoms with van der Waals surface area (Å²) in [6.45, 7) is 2.05. The number of hydrogen-bond acceptors (Lipinski definition) is 3. The molecule has 1 aliphatic rings. The van der Waals surface area contributed by atoms with Crippen molar-refractivity contribution in [3.05, 3.63) is 29.7 Å². The molecule has 3 heteroatoms. The lowest BCUT2D eigenvalue weighted by Gasteiger charge is -2.25. The summed E-state index contributed by atoms with van der Waals surface area (Å²) in [5.74, 6) is 1.25. The van der Waals surface area contributed by atoms with Crippen molar-refractivity contribution >= 4 is 11.1 Å². The summed E-state index contributed by atoms with van der Waals surface area (Å²) in [4.78, 5) is 4.56. The summed E-state index contributed by atoms with van der Waals surface area (Å²) in [6, 6.07) is 6.00. The molecule has 0 saturated heterocycles. The average Bonchev–Trinajstić information content (AvgIpc) is 2.84. The zero-order valence-electron chi connectivity index (χ0n) is 10.9. The molecule has 2 aromatic rings. The van der Waals surface area contributed by atoms with Crippen LogP contribution in [-0.4, -0.2) is 4.98 Å². The van der Waals surface area contributed by atoms with E-state index in [1.807, 2.05) is 25.1 Å². The van der Waals surface area contributed by atoms with Crippen molar-refractivity contribution in [2.24, 2.45) is 11.7 Å². The number of nitrogens with two attached hydrogens (primary N) is 1. The van der Waals surface area contributed by atoms with Crippen molar-refractivity contribution in [3.8, 4) is 0 Å². The molecule has 2 N–H and O–H groups in total. The SMILES string of the molecule is Cc1cccc2nc(C(N)C3CCCCC3)oc12. The maximum absolute atomic E-state index is 6.33. The van der Waals surface area contributed by atoms with Crippen molar-refractivity contribution in [3.63, 3.8) is 0 Å². The highest BCUT2D eigenvalue weighted by Gasteiger charge is 2.25. The second-order valence-electron chi connectivity index (χ2n) is 5.40. The monoisotopic (exact) mass is 244 g/mol. The molecule has 3 rings (SSSR count). The summed E-state index contributed by atoms with van der Waals surface area (Å²) in [6.07, 6.45) is 6.34. The van der Waals surface area contributed by atoms with Crippen LogP contribution >= 0.6 is 0 Å². The lowest BCUT2D eigenvalue weighted by atomic mass is 9.84. The van der Waals surface area contributed by atoms with E-state index in [9.17, 15) is 0 Å². The number of fused-ring (bicyclic) bond motifs is 1. The van der Waals surface area contributed by atoms with Crippen LogP contribution in [0.4, 0.5) is 0 Å². The Morgan fingerprint density at radius 2 is 2.06 bits per heavy atom. The van der Waals surface area contributed by atoms with E-state index in [1.165, 1.54) is 32.1 Å². The van der Waals surface area contributed by atoms with Crippen molar-refractivity contribution in [2.45, 2.75) is 45.1 Å². The minimum atomic E-state index is -0.0444. The fourth-order valence-electron chi connectivity index (χ4n) is 2.94. The zero-order valence-corrected chi connectivity index (χ0v) is 10.9. The number of para-hydroxylation sites is 1. The molecule has 1 aromatic carbocycles. The maximum Gasteiger partial charge on any atom is 0.212 e. The predicted octanol–water partition coefficient (Wildman–Crippen LogP) is 3.72. The Hall–Kier alpha value is -1.35. The van der Waals surface area contributed by atoms with Gasteiger partial charge < -0.3 is 10.2 Å². The first-order valence-electron chi connectivity index (χ1n) is 6.87. The number of oxazole rings is 1. The number of aryl methyl sites for hydroxylation is 1. The quantitative estimate of drug-likeness (QED) is 0.876. The molecule has 1 fully saturated rings. The van der Waals surface area contributed by atoms with Gasteiger partial charge in [0.15, 0.2) is 5.58 Å². The molecule has 0 amide bonds. The van der Waals surface area contributed by atoms with Crippen molar-refractivity contribution in [1.29, 1.82) is 0 Å². The van der Waals surface area contributed by atoms with Gasteiger partial charge in [-0.3, -0.25) is 0 Å². The predicted molar refractivity (Wildman–Crippen MR) is 72.2 cm³/mol. The van der Waals surface area contributed by atoms with E-state index in [2.05, 4.69) is 4.98 Å². The van der Waals surface area contributed by atoms with E-state index in [0.29, 0.717) is 11.8 Å². The van der Waals surface area contributed by atoms with Crippen LogP contribution in [0.3, 0.4) is 0 Å². The van der Waals surface area contributed by atoms with E-state index >= 15 is 0 Å². The minimum Gasteiger partial charge on any atom is -0.439 e. The average molecular weight is 244 g/mol. The molecule has 1 unspecified atom stereocenters. The Labute approximate surface area is 107 Å². The van der Waals surface area contributed by atoms with Gasteiger partial charge in [0.1, 0.15) is 5.52 Å². The van der Waals surface area contributed by atoms with Gasteiger partial charge in [-0.25, -0.2) is 4.98 Å². The standard InChI is InChI=1S/C15H20N2O/c1-10-6-5-9-12-14(10)18-15(17-12)13(16)11-7-3-2-4-8-11/h5-6,9,11,13H,2-4,7-8,16H2,1H3. The van der Waals surface area contributed by atoms with Crippen LogP contribution in [0.2, 0.25) is 0 Å². The maximum atomic E-state index is 6.33. The molecule has 1 atom stereocenters. The van der Waals surface area contributed by atoms with Crippen molar-refractivity contribution in [2.75, 3.05) is 0 Å². The summed E-state index contributed by atoms with van der Waals surface area (Å²) < 4.78 is 5.88. The van der Waals surface area contributed by atoms with Crippen molar-refractivity contribution in [1.82, 2.24) is 4.98 Å². The van der Waals surface area contributed by atoms with E-state index in [4.69, 9.17) is 10.2 Å². The topological polar surface area (TPSA) is 52.0 Å². The largest absolute Gasteiger partial charge is 0.439 e. The van der Waals surface area contributed by atoms with Gasteiger partial charge in [0.2, 0.25) is 5.89 Å². The minimum absolute atomic E-state index is 0.0444. The normalized spacial score (nSPS) is 19.2. The van der Waals surface area contributed by atoms with E-state index in [-0.39, 0.29) is 6.04 Å². The Morgan fingerprint density at radius 1 is 1.28 bits per heavy atom. The first-order chi connectivity index (χ1) is 8.75. The third-order valence-electron chi connectivity index (χ3n) is 4.07. The van der Waals surface area contributed by atoms with Gasteiger partial charge in [-0.15, -0.1) is 0 Å². The summed E-state index contributed by atoms with van der Waals surface area (Å²) in [5.41, 5.74) is 9.27. The summed E-state index contributed by atoms with van der Waals surface area (Å²) in [7, 11) is 0. The molecule has 0 aliphatic heterocycles. The second-order valence-corrected chi connectivity index (χ2v) is 5.40. The third kappa shape index (κ3) is 2.03. The highest BCUT2D eigenvalue weighted by molar-refractivity contribution is 5.76. The van der Waals surface area contributed by atoms with E-state index in [0.717, 1.165) is 16.7 Å². The van der Waals surface area contributed by atoms with Crippen LogP contribution < -0.4 is 5.73 Å². The van der Waals surface area contributed by atoms with Crippen LogP contribution in [0.15, 0.2) is 22.6 Å². The van der Waals surface area contributed by atoms with E-state index < -0.39 is 0 Å². The molecule has 1 aliphatic carbocycles.